The molecule has 0 amide bonds. The van der Waals surface area contributed by atoms with E-state index in [0.29, 0.717) is 5.92 Å². The van der Waals surface area contributed by atoms with Gasteiger partial charge in [0.25, 0.3) is 0 Å². The molecule has 1 aromatic rings. The van der Waals surface area contributed by atoms with Crippen molar-refractivity contribution in [3.63, 3.8) is 0 Å². The largest absolute Gasteiger partial charge is 0.385 e. The van der Waals surface area contributed by atoms with Crippen molar-refractivity contribution in [2.75, 3.05) is 18.1 Å². The summed E-state index contributed by atoms with van der Waals surface area (Å²) in [6.07, 6.45) is 1.47. The summed E-state index contributed by atoms with van der Waals surface area (Å²) in [6.45, 7) is 4.96. The van der Waals surface area contributed by atoms with Gasteiger partial charge in [-0.2, -0.15) is 0 Å². The summed E-state index contributed by atoms with van der Waals surface area (Å²) in [6, 6.07) is 4.70. The molecule has 2 nitrogen and oxygen atoms in total. The van der Waals surface area contributed by atoms with Crippen LogP contribution in [-0.4, -0.2) is 17.0 Å². The van der Waals surface area contributed by atoms with Crippen LogP contribution in [0.5, 0.6) is 0 Å². The lowest BCUT2D eigenvalue weighted by Crippen LogP contribution is -2.08. The lowest BCUT2D eigenvalue weighted by molar-refractivity contribution is 0.596. The van der Waals surface area contributed by atoms with Crippen molar-refractivity contribution in [3.05, 3.63) is 24.0 Å². The fourth-order valence-electron chi connectivity index (χ4n) is 1.17. The lowest BCUT2D eigenvalue weighted by Gasteiger charge is -2.09. The Morgan fingerprint density at radius 1 is 1.47 bits per heavy atom. The molecule has 1 unspecified atom stereocenters. The van der Waals surface area contributed by atoms with Crippen LogP contribution in [0.4, 0.5) is 10.1 Å². The van der Waals surface area contributed by atoms with Crippen LogP contribution in [0.25, 0.3) is 0 Å². The third-order valence-electron chi connectivity index (χ3n) is 1.96. The Morgan fingerprint density at radius 3 is 2.60 bits per heavy atom. The average molecular weight is 229 g/mol. The van der Waals surface area contributed by atoms with E-state index in [0.717, 1.165) is 12.2 Å². The summed E-state index contributed by atoms with van der Waals surface area (Å²) in [5.41, 5.74) is 0.732. The van der Waals surface area contributed by atoms with Gasteiger partial charge in [0.1, 0.15) is 5.82 Å². The van der Waals surface area contributed by atoms with Crippen molar-refractivity contribution in [2.45, 2.75) is 18.7 Å². The van der Waals surface area contributed by atoms with Crippen LogP contribution >= 0.6 is 0 Å². The summed E-state index contributed by atoms with van der Waals surface area (Å²) in [7, 11) is -1.26. The molecular formula is C11H16FNOS. The van der Waals surface area contributed by atoms with Gasteiger partial charge in [-0.25, -0.2) is 4.39 Å². The monoisotopic (exact) mass is 229 g/mol. The van der Waals surface area contributed by atoms with Gasteiger partial charge >= 0.3 is 0 Å². The molecule has 0 aliphatic carbocycles. The molecule has 84 valence electrons. The molecule has 0 spiro atoms. The average Bonchev–Trinajstić information content (AvgIpc) is 2.14. The molecule has 1 N–H and O–H groups in total. The van der Waals surface area contributed by atoms with Gasteiger partial charge in [-0.1, -0.05) is 13.8 Å². The van der Waals surface area contributed by atoms with Crippen molar-refractivity contribution in [2.24, 2.45) is 5.92 Å². The van der Waals surface area contributed by atoms with Crippen LogP contribution in [0.1, 0.15) is 13.8 Å². The Bertz CT molecular complexity index is 366. The molecule has 0 aliphatic heterocycles. The van der Waals surface area contributed by atoms with E-state index in [2.05, 4.69) is 19.2 Å². The minimum atomic E-state index is -1.26. The fraction of sp³-hybridized carbons (Fsp3) is 0.455. The van der Waals surface area contributed by atoms with Crippen molar-refractivity contribution in [1.29, 1.82) is 0 Å². The molecule has 0 bridgehead atoms. The van der Waals surface area contributed by atoms with Crippen LogP contribution in [0, 0.1) is 11.7 Å². The number of nitrogens with one attached hydrogen (secondary N) is 1. The maximum absolute atomic E-state index is 13.4. The smallest absolute Gasteiger partial charge is 0.141 e. The molecule has 0 heterocycles. The Balaban J connectivity index is 2.78. The lowest BCUT2D eigenvalue weighted by atomic mass is 10.2. The zero-order valence-electron chi connectivity index (χ0n) is 9.21. The Morgan fingerprint density at radius 2 is 2.13 bits per heavy atom. The predicted octanol–water partition coefficient (Wildman–Crippen LogP) is 2.63. The van der Waals surface area contributed by atoms with E-state index in [9.17, 15) is 8.60 Å². The SMILES string of the molecule is CC(C)CNc1ccc(S(C)=O)c(F)c1. The Labute approximate surface area is 92.3 Å². The molecule has 1 aromatic carbocycles. The number of halogens is 1. The molecule has 0 radical (unpaired) electrons. The van der Waals surface area contributed by atoms with E-state index in [-0.39, 0.29) is 4.90 Å². The number of hydrogen-bond donors (Lipinski definition) is 1. The molecule has 0 aromatic heterocycles. The third kappa shape index (κ3) is 3.63. The normalized spacial score (nSPS) is 12.9. The Hall–Kier alpha value is -0.900. The van der Waals surface area contributed by atoms with E-state index in [4.69, 9.17) is 0 Å². The maximum Gasteiger partial charge on any atom is 0.141 e. The maximum atomic E-state index is 13.4. The second-order valence-electron chi connectivity index (χ2n) is 3.87. The van der Waals surface area contributed by atoms with Gasteiger partial charge in [0, 0.05) is 18.5 Å². The van der Waals surface area contributed by atoms with Gasteiger partial charge in [-0.3, -0.25) is 4.21 Å². The second-order valence-corrected chi connectivity index (χ2v) is 5.22. The third-order valence-corrected chi connectivity index (χ3v) is 2.91. The number of rotatable bonds is 4. The van der Waals surface area contributed by atoms with Gasteiger partial charge in [-0.15, -0.1) is 0 Å². The molecule has 0 saturated carbocycles. The zero-order valence-corrected chi connectivity index (χ0v) is 10.0. The number of benzene rings is 1. The van der Waals surface area contributed by atoms with Gasteiger partial charge in [0.15, 0.2) is 0 Å². The number of hydrogen-bond acceptors (Lipinski definition) is 2. The minimum absolute atomic E-state index is 0.255. The summed E-state index contributed by atoms with van der Waals surface area (Å²) >= 11 is 0. The van der Waals surface area contributed by atoms with Crippen molar-refractivity contribution < 1.29 is 8.60 Å². The van der Waals surface area contributed by atoms with E-state index in [1.54, 1.807) is 12.1 Å². The van der Waals surface area contributed by atoms with Crippen molar-refractivity contribution in [3.8, 4) is 0 Å². The van der Waals surface area contributed by atoms with Crippen LogP contribution in [0.15, 0.2) is 23.1 Å². The van der Waals surface area contributed by atoms with E-state index in [1.165, 1.54) is 12.3 Å². The summed E-state index contributed by atoms with van der Waals surface area (Å²) in [5.74, 6) is 0.0950. The van der Waals surface area contributed by atoms with Gasteiger partial charge in [-0.05, 0) is 24.1 Å². The number of anilines is 1. The predicted molar refractivity (Wildman–Crippen MR) is 62.1 cm³/mol. The fourth-order valence-corrected chi connectivity index (χ4v) is 1.76. The van der Waals surface area contributed by atoms with Crippen LogP contribution in [0.3, 0.4) is 0 Å². The first-order valence-corrected chi connectivity index (χ1v) is 6.43. The van der Waals surface area contributed by atoms with Crippen LogP contribution < -0.4 is 5.32 Å². The van der Waals surface area contributed by atoms with E-state index in [1.807, 2.05) is 0 Å². The van der Waals surface area contributed by atoms with E-state index < -0.39 is 16.6 Å². The first-order chi connectivity index (χ1) is 7.00. The second kappa shape index (κ2) is 5.26. The highest BCUT2D eigenvalue weighted by Gasteiger charge is 2.06. The first kappa shape index (κ1) is 12.2. The molecular weight excluding hydrogens is 213 g/mol. The first-order valence-electron chi connectivity index (χ1n) is 4.87. The molecule has 1 rings (SSSR count). The van der Waals surface area contributed by atoms with Gasteiger partial charge < -0.3 is 5.32 Å². The van der Waals surface area contributed by atoms with Gasteiger partial charge in [0.2, 0.25) is 0 Å². The summed E-state index contributed by atoms with van der Waals surface area (Å²) in [4.78, 5) is 0.255. The summed E-state index contributed by atoms with van der Waals surface area (Å²) in [5, 5.41) is 3.11. The molecule has 0 aliphatic rings. The van der Waals surface area contributed by atoms with E-state index >= 15 is 0 Å². The molecule has 4 heteroatoms. The highest BCUT2D eigenvalue weighted by Crippen LogP contribution is 2.17. The molecule has 15 heavy (non-hydrogen) atoms. The topological polar surface area (TPSA) is 29.1 Å². The summed E-state index contributed by atoms with van der Waals surface area (Å²) < 4.78 is 24.5. The minimum Gasteiger partial charge on any atom is -0.385 e. The van der Waals surface area contributed by atoms with Crippen LogP contribution in [0.2, 0.25) is 0 Å². The molecule has 0 saturated heterocycles. The quantitative estimate of drug-likeness (QED) is 0.860. The molecule has 1 atom stereocenters. The standard InChI is InChI=1S/C11H16FNOS/c1-8(2)7-13-9-4-5-11(15(3)14)10(12)6-9/h4-6,8,13H,7H2,1-3H3. The molecule has 0 fully saturated rings. The van der Waals surface area contributed by atoms with Gasteiger partial charge in [0.05, 0.1) is 15.7 Å². The van der Waals surface area contributed by atoms with Crippen molar-refractivity contribution in [1.82, 2.24) is 0 Å². The zero-order chi connectivity index (χ0) is 11.4. The Kier molecular flexibility index (Phi) is 4.27. The van der Waals surface area contributed by atoms with Crippen LogP contribution in [-0.2, 0) is 10.8 Å². The highest BCUT2D eigenvalue weighted by atomic mass is 32.2. The van der Waals surface area contributed by atoms with Crippen molar-refractivity contribution >= 4 is 16.5 Å². The highest BCUT2D eigenvalue weighted by molar-refractivity contribution is 7.84.